The lowest BCUT2D eigenvalue weighted by atomic mass is 10.1. The first-order valence-corrected chi connectivity index (χ1v) is 6.15. The molecule has 104 valence electrons. The van der Waals surface area contributed by atoms with Gasteiger partial charge in [0.1, 0.15) is 5.75 Å². The van der Waals surface area contributed by atoms with E-state index in [-0.39, 0.29) is 5.69 Å². The number of para-hydroxylation sites is 2. The first kappa shape index (κ1) is 13.9. The number of methoxy groups -OCH3 is 1. The number of benzene rings is 1. The number of hydrogen-bond acceptors (Lipinski definition) is 4. The Kier molecular flexibility index (Phi) is 4.20. The van der Waals surface area contributed by atoms with Crippen molar-refractivity contribution in [3.8, 4) is 5.75 Å². The third-order valence-corrected chi connectivity index (χ3v) is 3.00. The summed E-state index contributed by atoms with van der Waals surface area (Å²) in [4.78, 5) is 17.0. The van der Waals surface area contributed by atoms with Crippen LogP contribution in [0.3, 0.4) is 0 Å². The Morgan fingerprint density at radius 2 is 2.05 bits per heavy atom. The van der Waals surface area contributed by atoms with Crippen molar-refractivity contribution in [1.29, 1.82) is 0 Å². The number of hydrogen-bond donors (Lipinski definition) is 1. The van der Waals surface area contributed by atoms with Crippen LogP contribution in [0.2, 0.25) is 0 Å². The molecule has 0 amide bonds. The summed E-state index contributed by atoms with van der Waals surface area (Å²) >= 11 is 0. The zero-order chi connectivity index (χ0) is 14.5. The van der Waals surface area contributed by atoms with Crippen LogP contribution < -0.4 is 9.64 Å². The minimum atomic E-state index is -1.02. The Labute approximate surface area is 117 Å². The molecule has 1 heterocycles. The van der Waals surface area contributed by atoms with Crippen molar-refractivity contribution < 1.29 is 14.6 Å². The first-order chi connectivity index (χ1) is 9.63. The van der Waals surface area contributed by atoms with Gasteiger partial charge in [0.2, 0.25) is 0 Å². The molecule has 0 radical (unpaired) electrons. The van der Waals surface area contributed by atoms with Crippen LogP contribution >= 0.6 is 0 Å². The number of nitrogens with zero attached hydrogens (tertiary/aromatic N) is 2. The lowest BCUT2D eigenvalue weighted by molar-refractivity contribution is 0.0689. The van der Waals surface area contributed by atoms with Crippen LogP contribution in [0.5, 0.6) is 5.75 Å². The molecule has 2 rings (SSSR count). The summed E-state index contributed by atoms with van der Waals surface area (Å²) in [6.07, 6.45) is 1.48. The summed E-state index contributed by atoms with van der Waals surface area (Å²) in [5.41, 5.74) is 1.64. The van der Waals surface area contributed by atoms with Gasteiger partial charge in [-0.3, -0.25) is 0 Å². The molecule has 5 nitrogen and oxygen atoms in total. The van der Waals surface area contributed by atoms with Crippen molar-refractivity contribution in [2.75, 3.05) is 19.1 Å². The smallest absolute Gasteiger partial charge is 0.354 e. The lowest BCUT2D eigenvalue weighted by Crippen LogP contribution is -2.19. The summed E-state index contributed by atoms with van der Waals surface area (Å²) in [5.74, 6) is -0.273. The molecular weight excluding hydrogens is 256 g/mol. The number of carboxylic acids is 1. The fraction of sp³-hybridized carbons (Fsp3) is 0.200. The highest BCUT2D eigenvalue weighted by atomic mass is 16.5. The second-order valence-corrected chi connectivity index (χ2v) is 4.34. The Hall–Kier alpha value is -2.56. The Balaban J connectivity index is 2.28. The zero-order valence-corrected chi connectivity index (χ0v) is 11.4. The second-order valence-electron chi connectivity index (χ2n) is 4.34. The third-order valence-electron chi connectivity index (χ3n) is 3.00. The molecule has 0 saturated carbocycles. The van der Waals surface area contributed by atoms with E-state index in [1.165, 1.54) is 6.20 Å². The molecule has 20 heavy (non-hydrogen) atoms. The van der Waals surface area contributed by atoms with E-state index in [1.807, 2.05) is 36.2 Å². The highest BCUT2D eigenvalue weighted by molar-refractivity contribution is 5.87. The summed E-state index contributed by atoms with van der Waals surface area (Å²) in [6.45, 7) is 0.440. The maximum absolute atomic E-state index is 11.2. The SMILES string of the molecule is COc1ccccc1N(C)Cc1cccnc1C(=O)O. The topological polar surface area (TPSA) is 62.7 Å². The van der Waals surface area contributed by atoms with E-state index in [9.17, 15) is 4.79 Å². The number of aromatic nitrogens is 1. The lowest BCUT2D eigenvalue weighted by Gasteiger charge is -2.22. The monoisotopic (exact) mass is 272 g/mol. The van der Waals surface area contributed by atoms with E-state index in [0.29, 0.717) is 12.1 Å². The summed E-state index contributed by atoms with van der Waals surface area (Å²) < 4.78 is 5.31. The number of anilines is 1. The fourth-order valence-electron chi connectivity index (χ4n) is 2.04. The van der Waals surface area contributed by atoms with E-state index in [0.717, 1.165) is 11.4 Å². The number of aromatic carboxylic acids is 1. The van der Waals surface area contributed by atoms with Gasteiger partial charge in [0, 0.05) is 25.4 Å². The summed E-state index contributed by atoms with van der Waals surface area (Å²) in [5, 5.41) is 9.14. The van der Waals surface area contributed by atoms with E-state index in [4.69, 9.17) is 9.84 Å². The standard InChI is InChI=1S/C15H16N2O3/c1-17(12-7-3-4-8-13(12)20-2)10-11-6-5-9-16-14(11)15(18)19/h3-9H,10H2,1-2H3,(H,18,19). The van der Waals surface area contributed by atoms with Gasteiger partial charge in [0.25, 0.3) is 0 Å². The molecule has 1 aromatic carbocycles. The molecule has 2 aromatic rings. The second kappa shape index (κ2) is 6.06. The minimum absolute atomic E-state index is 0.0780. The first-order valence-electron chi connectivity index (χ1n) is 6.15. The van der Waals surface area contributed by atoms with Crippen molar-refractivity contribution in [1.82, 2.24) is 4.98 Å². The molecule has 5 heteroatoms. The van der Waals surface area contributed by atoms with Crippen molar-refractivity contribution in [2.24, 2.45) is 0 Å². The molecule has 1 N–H and O–H groups in total. The van der Waals surface area contributed by atoms with Crippen LogP contribution in [0, 0.1) is 0 Å². The molecule has 0 atom stereocenters. The van der Waals surface area contributed by atoms with Crippen LogP contribution in [0.4, 0.5) is 5.69 Å². The van der Waals surface area contributed by atoms with Gasteiger partial charge in [-0.2, -0.15) is 0 Å². The number of ether oxygens (including phenoxy) is 1. The molecule has 0 aliphatic heterocycles. The van der Waals surface area contributed by atoms with Gasteiger partial charge in [0.05, 0.1) is 12.8 Å². The maximum atomic E-state index is 11.2. The summed E-state index contributed by atoms with van der Waals surface area (Å²) in [6, 6.07) is 11.1. The molecule has 0 fully saturated rings. The van der Waals surface area contributed by atoms with Gasteiger partial charge in [0.15, 0.2) is 5.69 Å². The van der Waals surface area contributed by atoms with Gasteiger partial charge in [-0.1, -0.05) is 18.2 Å². The predicted octanol–water partition coefficient (Wildman–Crippen LogP) is 2.42. The number of carbonyl (C=O) groups is 1. The molecule has 0 spiro atoms. The van der Waals surface area contributed by atoms with Crippen LogP contribution in [0.25, 0.3) is 0 Å². The Morgan fingerprint density at radius 1 is 1.30 bits per heavy atom. The predicted molar refractivity (Wildman–Crippen MR) is 76.3 cm³/mol. The number of pyridine rings is 1. The quantitative estimate of drug-likeness (QED) is 0.905. The Morgan fingerprint density at radius 3 is 2.75 bits per heavy atom. The van der Waals surface area contributed by atoms with Crippen molar-refractivity contribution in [2.45, 2.75) is 6.54 Å². The van der Waals surface area contributed by atoms with Gasteiger partial charge in [-0.05, 0) is 18.2 Å². The highest BCUT2D eigenvalue weighted by Gasteiger charge is 2.14. The molecule has 0 bridgehead atoms. The van der Waals surface area contributed by atoms with Gasteiger partial charge in [-0.25, -0.2) is 9.78 Å². The van der Waals surface area contributed by atoms with Crippen molar-refractivity contribution in [3.05, 3.63) is 53.9 Å². The average molecular weight is 272 g/mol. The summed E-state index contributed by atoms with van der Waals surface area (Å²) in [7, 11) is 3.50. The van der Waals surface area contributed by atoms with E-state index < -0.39 is 5.97 Å². The van der Waals surface area contributed by atoms with Crippen LogP contribution in [-0.4, -0.2) is 30.2 Å². The van der Waals surface area contributed by atoms with E-state index >= 15 is 0 Å². The average Bonchev–Trinajstić information content (AvgIpc) is 2.47. The molecule has 0 aliphatic carbocycles. The van der Waals surface area contributed by atoms with Crippen molar-refractivity contribution >= 4 is 11.7 Å². The molecule has 0 unspecified atom stereocenters. The maximum Gasteiger partial charge on any atom is 0.354 e. The minimum Gasteiger partial charge on any atom is -0.495 e. The van der Waals surface area contributed by atoms with Crippen LogP contribution in [0.1, 0.15) is 16.1 Å². The number of carboxylic acid groups (broad SMARTS) is 1. The zero-order valence-electron chi connectivity index (χ0n) is 11.4. The van der Waals surface area contributed by atoms with E-state index in [2.05, 4.69) is 4.98 Å². The fourth-order valence-corrected chi connectivity index (χ4v) is 2.04. The van der Waals surface area contributed by atoms with Crippen LogP contribution in [-0.2, 0) is 6.54 Å². The highest BCUT2D eigenvalue weighted by Crippen LogP contribution is 2.27. The van der Waals surface area contributed by atoms with Gasteiger partial charge in [-0.15, -0.1) is 0 Å². The number of rotatable bonds is 5. The van der Waals surface area contributed by atoms with Crippen molar-refractivity contribution in [3.63, 3.8) is 0 Å². The molecule has 0 aliphatic rings. The normalized spacial score (nSPS) is 10.1. The molecule has 0 saturated heterocycles. The Bertz CT molecular complexity index is 614. The molecular formula is C15H16N2O3. The van der Waals surface area contributed by atoms with Crippen LogP contribution in [0.15, 0.2) is 42.6 Å². The third kappa shape index (κ3) is 2.88. The van der Waals surface area contributed by atoms with E-state index in [1.54, 1.807) is 19.2 Å². The largest absolute Gasteiger partial charge is 0.495 e. The molecule has 1 aromatic heterocycles. The van der Waals surface area contributed by atoms with Gasteiger partial charge < -0.3 is 14.7 Å². The van der Waals surface area contributed by atoms with Gasteiger partial charge >= 0.3 is 5.97 Å².